The summed E-state index contributed by atoms with van der Waals surface area (Å²) in [6.07, 6.45) is 0. The topological polar surface area (TPSA) is 64.4 Å². The van der Waals surface area contributed by atoms with Gasteiger partial charge in [-0.05, 0) is 54.6 Å². The number of methoxy groups -OCH3 is 1. The number of fused-ring (bicyclic) bond motifs is 1. The molecule has 8 heteroatoms. The molecule has 0 aliphatic rings. The largest absolute Gasteiger partial charge is 0.494 e. The maximum Gasteiger partial charge on any atom is 0.259 e. The number of nitrogens with one attached hydrogen (secondary N) is 1. The molecule has 1 aromatic heterocycles. The lowest BCUT2D eigenvalue weighted by molar-refractivity contribution is 0.102. The number of halogens is 3. The Morgan fingerprint density at radius 3 is 2.59 bits per heavy atom. The number of amides is 1. The van der Waals surface area contributed by atoms with E-state index in [4.69, 9.17) is 32.4 Å². The molecule has 0 aliphatic heterocycles. The van der Waals surface area contributed by atoms with E-state index in [1.54, 1.807) is 18.2 Å². The van der Waals surface area contributed by atoms with E-state index < -0.39 is 5.91 Å². The number of carbonyl (C=O) groups excluding carboxylic acids is 1. The third-order valence-corrected chi connectivity index (χ3v) is 5.22. The number of anilines is 1. The molecule has 0 aliphatic carbocycles. The fourth-order valence-electron chi connectivity index (χ4n) is 2.86. The van der Waals surface area contributed by atoms with Crippen molar-refractivity contribution in [2.24, 2.45) is 0 Å². The monoisotopic (exact) mass is 490 g/mol. The van der Waals surface area contributed by atoms with E-state index in [0.29, 0.717) is 27.7 Å². The zero-order valence-electron chi connectivity index (χ0n) is 15.0. The van der Waals surface area contributed by atoms with Crippen LogP contribution in [-0.4, -0.2) is 18.0 Å². The summed E-state index contributed by atoms with van der Waals surface area (Å²) in [5, 5.41) is 3.41. The van der Waals surface area contributed by atoms with E-state index in [0.717, 1.165) is 10.0 Å². The number of nitrogens with zero attached hydrogens (tertiary/aromatic N) is 1. The van der Waals surface area contributed by atoms with Crippen LogP contribution in [0.5, 0.6) is 5.75 Å². The lowest BCUT2D eigenvalue weighted by atomic mass is 10.1. The summed E-state index contributed by atoms with van der Waals surface area (Å²) in [6.45, 7) is 0. The van der Waals surface area contributed by atoms with Crippen LogP contribution in [0.2, 0.25) is 10.0 Å². The molecule has 4 aromatic rings. The van der Waals surface area contributed by atoms with Crippen molar-refractivity contribution in [3.8, 4) is 17.2 Å². The van der Waals surface area contributed by atoms with Crippen LogP contribution in [0, 0.1) is 0 Å². The first-order valence-corrected chi connectivity index (χ1v) is 10.0. The highest BCUT2D eigenvalue weighted by Crippen LogP contribution is 2.33. The van der Waals surface area contributed by atoms with Crippen molar-refractivity contribution in [2.45, 2.75) is 0 Å². The number of rotatable bonds is 4. The van der Waals surface area contributed by atoms with E-state index in [1.807, 2.05) is 24.3 Å². The number of hydrogen-bond acceptors (Lipinski definition) is 4. The van der Waals surface area contributed by atoms with Crippen LogP contribution in [0.4, 0.5) is 5.69 Å². The minimum absolute atomic E-state index is 0.237. The first-order chi connectivity index (χ1) is 13.9. The third-order valence-electron chi connectivity index (χ3n) is 4.19. The number of oxazole rings is 1. The van der Waals surface area contributed by atoms with E-state index in [2.05, 4.69) is 26.2 Å². The van der Waals surface area contributed by atoms with Crippen LogP contribution in [0.3, 0.4) is 0 Å². The number of carbonyl (C=O) groups is 1. The SMILES string of the molecule is COc1c(Cl)cc(Cl)cc1C(=O)Nc1ccc2oc(-c3ccc(Br)cc3)nc2c1. The van der Waals surface area contributed by atoms with Crippen LogP contribution >= 0.6 is 39.1 Å². The van der Waals surface area contributed by atoms with Crippen molar-refractivity contribution in [3.05, 3.63) is 74.7 Å². The van der Waals surface area contributed by atoms with Gasteiger partial charge in [-0.15, -0.1) is 0 Å². The molecule has 1 amide bonds. The molecule has 0 radical (unpaired) electrons. The van der Waals surface area contributed by atoms with Crippen molar-refractivity contribution in [3.63, 3.8) is 0 Å². The average molecular weight is 492 g/mol. The highest BCUT2D eigenvalue weighted by atomic mass is 79.9. The second-order valence-corrected chi connectivity index (χ2v) is 7.89. The normalized spacial score (nSPS) is 10.9. The first kappa shape index (κ1) is 19.8. The van der Waals surface area contributed by atoms with Crippen molar-refractivity contribution in [2.75, 3.05) is 12.4 Å². The van der Waals surface area contributed by atoms with E-state index >= 15 is 0 Å². The molecule has 0 fully saturated rings. The highest BCUT2D eigenvalue weighted by molar-refractivity contribution is 9.10. The van der Waals surface area contributed by atoms with Gasteiger partial charge in [0.1, 0.15) is 11.3 Å². The Morgan fingerprint density at radius 1 is 1.10 bits per heavy atom. The van der Waals surface area contributed by atoms with Gasteiger partial charge >= 0.3 is 0 Å². The molecule has 0 saturated carbocycles. The molecule has 0 saturated heterocycles. The molecule has 4 rings (SSSR count). The zero-order chi connectivity index (χ0) is 20.5. The Morgan fingerprint density at radius 2 is 1.86 bits per heavy atom. The molecule has 0 bridgehead atoms. The van der Waals surface area contributed by atoms with Crippen molar-refractivity contribution in [1.29, 1.82) is 0 Å². The molecule has 1 N–H and O–H groups in total. The summed E-state index contributed by atoms with van der Waals surface area (Å²) in [7, 11) is 1.44. The predicted molar refractivity (Wildman–Crippen MR) is 118 cm³/mol. The van der Waals surface area contributed by atoms with Crippen molar-refractivity contribution in [1.82, 2.24) is 4.98 Å². The van der Waals surface area contributed by atoms with E-state index in [-0.39, 0.29) is 16.3 Å². The summed E-state index contributed by atoms with van der Waals surface area (Å²) in [6, 6.07) is 15.9. The highest BCUT2D eigenvalue weighted by Gasteiger charge is 2.17. The van der Waals surface area contributed by atoms with E-state index in [9.17, 15) is 4.79 Å². The van der Waals surface area contributed by atoms with Gasteiger partial charge in [0.05, 0.1) is 17.7 Å². The van der Waals surface area contributed by atoms with Crippen LogP contribution < -0.4 is 10.1 Å². The second kappa shape index (κ2) is 8.06. The summed E-state index contributed by atoms with van der Waals surface area (Å²) in [4.78, 5) is 17.3. The Labute approximate surface area is 184 Å². The molecular formula is C21H13BrCl2N2O3. The van der Waals surface area contributed by atoms with Crippen LogP contribution in [0.25, 0.3) is 22.6 Å². The van der Waals surface area contributed by atoms with Gasteiger partial charge in [-0.1, -0.05) is 39.1 Å². The maximum absolute atomic E-state index is 12.7. The molecule has 0 atom stereocenters. The number of benzene rings is 3. The smallest absolute Gasteiger partial charge is 0.259 e. The number of hydrogen-bond donors (Lipinski definition) is 1. The molecule has 1 heterocycles. The quantitative estimate of drug-likeness (QED) is 0.340. The Bertz CT molecular complexity index is 1220. The third kappa shape index (κ3) is 4.10. The van der Waals surface area contributed by atoms with Gasteiger partial charge in [-0.3, -0.25) is 4.79 Å². The fourth-order valence-corrected chi connectivity index (χ4v) is 3.69. The maximum atomic E-state index is 12.7. The lowest BCUT2D eigenvalue weighted by Gasteiger charge is -2.11. The van der Waals surface area contributed by atoms with Gasteiger partial charge in [0.2, 0.25) is 5.89 Å². The molecule has 3 aromatic carbocycles. The Kier molecular flexibility index (Phi) is 5.50. The minimum atomic E-state index is -0.401. The van der Waals surface area contributed by atoms with Crippen molar-refractivity contribution < 1.29 is 13.9 Å². The Hall–Kier alpha value is -2.54. The number of ether oxygens (including phenoxy) is 1. The van der Waals surface area contributed by atoms with Crippen LogP contribution in [0.1, 0.15) is 10.4 Å². The summed E-state index contributed by atoms with van der Waals surface area (Å²) in [5.41, 5.74) is 2.88. The first-order valence-electron chi connectivity index (χ1n) is 8.45. The fraction of sp³-hybridized carbons (Fsp3) is 0.0476. The standard InChI is InChI=1S/C21H13BrCl2N2O3/c1-28-19-15(8-13(23)9-16(19)24)20(27)25-14-6-7-18-17(10-14)26-21(29-18)11-2-4-12(22)5-3-11/h2-10H,1H3,(H,25,27). The average Bonchev–Trinajstić information content (AvgIpc) is 3.11. The molecule has 0 spiro atoms. The van der Waals surface area contributed by atoms with Gasteiger partial charge < -0.3 is 14.5 Å². The van der Waals surface area contributed by atoms with Crippen molar-refractivity contribution >= 4 is 61.8 Å². The molecule has 0 unspecified atom stereocenters. The van der Waals surface area contributed by atoms with Gasteiger partial charge in [-0.2, -0.15) is 0 Å². The van der Waals surface area contributed by atoms with Gasteiger partial charge in [-0.25, -0.2) is 4.98 Å². The second-order valence-electron chi connectivity index (χ2n) is 6.13. The summed E-state index contributed by atoms with van der Waals surface area (Å²) < 4.78 is 12.0. The van der Waals surface area contributed by atoms with E-state index in [1.165, 1.54) is 19.2 Å². The minimum Gasteiger partial charge on any atom is -0.494 e. The van der Waals surface area contributed by atoms with Crippen LogP contribution in [0.15, 0.2) is 63.5 Å². The Balaban J connectivity index is 1.64. The molecule has 29 heavy (non-hydrogen) atoms. The van der Waals surface area contributed by atoms with Gasteiger partial charge in [0.15, 0.2) is 5.58 Å². The molecular weight excluding hydrogens is 479 g/mol. The molecule has 5 nitrogen and oxygen atoms in total. The van der Waals surface area contributed by atoms with Crippen LogP contribution in [-0.2, 0) is 0 Å². The summed E-state index contributed by atoms with van der Waals surface area (Å²) >= 11 is 15.6. The summed E-state index contributed by atoms with van der Waals surface area (Å²) in [5.74, 6) is 0.357. The number of aromatic nitrogens is 1. The zero-order valence-corrected chi connectivity index (χ0v) is 18.1. The van der Waals surface area contributed by atoms with Gasteiger partial charge in [0.25, 0.3) is 5.91 Å². The predicted octanol–water partition coefficient (Wildman–Crippen LogP) is 6.83. The molecule has 146 valence electrons. The lowest BCUT2D eigenvalue weighted by Crippen LogP contribution is -2.13. The van der Waals surface area contributed by atoms with Gasteiger partial charge in [0, 0.05) is 20.7 Å².